The van der Waals surface area contributed by atoms with Crippen molar-refractivity contribution in [2.45, 2.75) is 90.5 Å². The Bertz CT molecular complexity index is 332. The number of hydrogen-bond donors (Lipinski definition) is 1. The predicted octanol–water partition coefficient (Wildman–Crippen LogP) is 2.07. The van der Waals surface area contributed by atoms with Crippen molar-refractivity contribution in [2.24, 2.45) is 0 Å². The molecule has 0 saturated carbocycles. The molecule has 0 heterocycles. The minimum Gasteiger partial charge on any atom is -1.00 e. The van der Waals surface area contributed by atoms with E-state index in [1.54, 1.807) is 0 Å². The Morgan fingerprint density at radius 3 is 2.04 bits per heavy atom. The largest absolute Gasteiger partial charge is 1.00 e. The minimum atomic E-state index is -0.0666. The van der Waals surface area contributed by atoms with Gasteiger partial charge < -0.3 is 26.8 Å². The lowest BCUT2D eigenvalue weighted by Crippen LogP contribution is -3.00. The maximum Gasteiger partial charge on any atom is 0.243 e. The topological polar surface area (TPSA) is 29.1 Å². The van der Waals surface area contributed by atoms with Crippen molar-refractivity contribution in [3.8, 4) is 0 Å². The highest BCUT2D eigenvalue weighted by atomic mass is 79.9. The van der Waals surface area contributed by atoms with Gasteiger partial charge in [-0.2, -0.15) is 0 Å². The molecule has 0 rings (SSSR count). The number of amides is 1. The molecule has 4 heteroatoms. The number of nitrogens with one attached hydrogen (secondary N) is 1. The van der Waals surface area contributed by atoms with Crippen molar-refractivity contribution in [3.63, 3.8) is 0 Å². The van der Waals surface area contributed by atoms with E-state index in [4.69, 9.17) is 0 Å². The third-order valence-corrected chi connectivity index (χ3v) is 5.31. The van der Waals surface area contributed by atoms with Gasteiger partial charge in [0.1, 0.15) is 0 Å². The molecule has 0 saturated heterocycles. The number of carbonyl (C=O) groups excluding carboxylic acids is 1. The van der Waals surface area contributed by atoms with E-state index in [0.717, 1.165) is 24.0 Å². The second-order valence-corrected chi connectivity index (χ2v) is 7.82. The van der Waals surface area contributed by atoms with Gasteiger partial charge in [0.2, 0.25) is 5.91 Å². The lowest BCUT2D eigenvalue weighted by molar-refractivity contribution is -0.913. The van der Waals surface area contributed by atoms with E-state index in [-0.39, 0.29) is 22.9 Å². The van der Waals surface area contributed by atoms with Crippen LogP contribution >= 0.6 is 0 Å². The molecule has 0 spiro atoms. The Hall–Kier alpha value is -0.350. The summed E-state index contributed by atoms with van der Waals surface area (Å²) < 4.78 is 1.04. The molecule has 25 heavy (non-hydrogen) atoms. The molecule has 0 aromatic rings. The molecule has 0 aliphatic rings. The number of carbonyl (C=O) groups is 1. The Morgan fingerprint density at radius 1 is 1.00 bits per heavy atom. The molecule has 150 valence electrons. The highest BCUT2D eigenvalue weighted by molar-refractivity contribution is 5.86. The average molecular weight is 419 g/mol. The van der Waals surface area contributed by atoms with Crippen LogP contribution in [0.5, 0.6) is 0 Å². The van der Waals surface area contributed by atoms with Crippen molar-refractivity contribution < 1.29 is 26.3 Å². The molecule has 3 nitrogen and oxygen atoms in total. The summed E-state index contributed by atoms with van der Waals surface area (Å²) >= 11 is 0. The van der Waals surface area contributed by atoms with Crippen LogP contribution in [-0.4, -0.2) is 43.6 Å². The van der Waals surface area contributed by atoms with Gasteiger partial charge in [0.25, 0.3) is 0 Å². The standard InChI is InChI=1S/C21H42N2O.BrH/c1-6-8-9-10-11-12-13-14-15-17-20(3)23(4,5)19-16-18-22-21(24)7-2;/h7,20H,2,6,8-19H2,1,3-5H3;1H. The van der Waals surface area contributed by atoms with Gasteiger partial charge in [0, 0.05) is 13.0 Å². The Labute approximate surface area is 168 Å². The lowest BCUT2D eigenvalue weighted by atomic mass is 10.0. The van der Waals surface area contributed by atoms with E-state index in [1.807, 2.05) is 0 Å². The number of nitrogens with zero attached hydrogens (tertiary/aromatic N) is 1. The van der Waals surface area contributed by atoms with Crippen LogP contribution < -0.4 is 22.3 Å². The first-order valence-electron chi connectivity index (χ1n) is 10.2. The summed E-state index contributed by atoms with van der Waals surface area (Å²) in [7, 11) is 4.63. The summed E-state index contributed by atoms with van der Waals surface area (Å²) in [5.74, 6) is -0.0666. The van der Waals surface area contributed by atoms with Crippen LogP contribution in [-0.2, 0) is 4.79 Å². The molecule has 0 aromatic carbocycles. The van der Waals surface area contributed by atoms with Gasteiger partial charge in [-0.3, -0.25) is 4.79 Å². The quantitative estimate of drug-likeness (QED) is 0.232. The number of hydrogen-bond acceptors (Lipinski definition) is 1. The molecule has 0 aliphatic heterocycles. The first-order chi connectivity index (χ1) is 11.4. The highest BCUT2D eigenvalue weighted by Crippen LogP contribution is 2.16. The molecular formula is C21H43BrN2O. The van der Waals surface area contributed by atoms with E-state index in [0.29, 0.717) is 6.04 Å². The molecule has 0 aromatic heterocycles. The summed E-state index contributed by atoms with van der Waals surface area (Å²) in [6.45, 7) is 9.97. The Morgan fingerprint density at radius 2 is 1.52 bits per heavy atom. The predicted molar refractivity (Wildman–Crippen MR) is 106 cm³/mol. The summed E-state index contributed by atoms with van der Waals surface area (Å²) in [6.07, 6.45) is 16.2. The molecule has 0 aliphatic carbocycles. The van der Waals surface area contributed by atoms with Crippen molar-refractivity contribution in [2.75, 3.05) is 27.2 Å². The molecule has 1 amide bonds. The Balaban J connectivity index is 0. The number of rotatable bonds is 16. The minimum absolute atomic E-state index is 0. The zero-order valence-corrected chi connectivity index (χ0v) is 18.9. The van der Waals surface area contributed by atoms with Crippen LogP contribution in [0.1, 0.15) is 84.5 Å². The van der Waals surface area contributed by atoms with Crippen LogP contribution in [0.4, 0.5) is 0 Å². The van der Waals surface area contributed by atoms with Gasteiger partial charge in [-0.25, -0.2) is 0 Å². The molecule has 0 radical (unpaired) electrons. The lowest BCUT2D eigenvalue weighted by Gasteiger charge is -2.36. The van der Waals surface area contributed by atoms with E-state index in [9.17, 15) is 4.79 Å². The number of unbranched alkanes of at least 4 members (excludes halogenated alkanes) is 8. The molecule has 1 N–H and O–H groups in total. The highest BCUT2D eigenvalue weighted by Gasteiger charge is 2.22. The van der Waals surface area contributed by atoms with Crippen molar-refractivity contribution in [1.82, 2.24) is 5.32 Å². The van der Waals surface area contributed by atoms with Crippen molar-refractivity contribution in [3.05, 3.63) is 12.7 Å². The number of quaternary nitrogens is 1. The summed E-state index contributed by atoms with van der Waals surface area (Å²) in [4.78, 5) is 11.1. The first-order valence-corrected chi connectivity index (χ1v) is 10.2. The van der Waals surface area contributed by atoms with E-state index in [2.05, 4.69) is 39.8 Å². The fourth-order valence-corrected chi connectivity index (χ4v) is 3.09. The summed E-state index contributed by atoms with van der Waals surface area (Å²) in [5, 5.41) is 2.86. The molecule has 1 unspecified atom stereocenters. The fourth-order valence-electron chi connectivity index (χ4n) is 3.09. The van der Waals surface area contributed by atoms with Gasteiger partial charge in [-0.05, 0) is 25.8 Å². The van der Waals surface area contributed by atoms with E-state index in [1.165, 1.54) is 70.3 Å². The molecule has 0 bridgehead atoms. The van der Waals surface area contributed by atoms with Crippen molar-refractivity contribution >= 4 is 5.91 Å². The van der Waals surface area contributed by atoms with Crippen molar-refractivity contribution in [1.29, 1.82) is 0 Å². The van der Waals surface area contributed by atoms with Gasteiger partial charge in [-0.15, -0.1) is 0 Å². The SMILES string of the molecule is C=CC(=O)NCCC[N+](C)(C)C(C)CCCCCCCCCCC.[Br-]. The molecule has 1 atom stereocenters. The zero-order valence-electron chi connectivity index (χ0n) is 17.3. The second-order valence-electron chi connectivity index (χ2n) is 7.82. The van der Waals surface area contributed by atoms with Gasteiger partial charge >= 0.3 is 0 Å². The van der Waals surface area contributed by atoms with E-state index >= 15 is 0 Å². The van der Waals surface area contributed by atoms with Gasteiger partial charge in [0.05, 0.1) is 26.7 Å². The molecule has 0 fully saturated rings. The maximum absolute atomic E-state index is 11.1. The number of halogens is 1. The van der Waals surface area contributed by atoms with Gasteiger partial charge in [0.15, 0.2) is 0 Å². The van der Waals surface area contributed by atoms with Gasteiger partial charge in [-0.1, -0.05) is 64.9 Å². The maximum atomic E-state index is 11.1. The average Bonchev–Trinajstić information content (AvgIpc) is 2.56. The van der Waals surface area contributed by atoms with E-state index < -0.39 is 0 Å². The van der Waals surface area contributed by atoms with Crippen LogP contribution in [0, 0.1) is 0 Å². The third kappa shape index (κ3) is 15.6. The monoisotopic (exact) mass is 418 g/mol. The smallest absolute Gasteiger partial charge is 0.243 e. The second kappa shape index (κ2) is 17.1. The zero-order chi connectivity index (χ0) is 18.3. The van der Waals surface area contributed by atoms with Crippen LogP contribution in [0.2, 0.25) is 0 Å². The summed E-state index contributed by atoms with van der Waals surface area (Å²) in [5.41, 5.74) is 0. The molecular weight excluding hydrogens is 376 g/mol. The normalized spacial score (nSPS) is 12.3. The fraction of sp³-hybridized carbons (Fsp3) is 0.857. The first kappa shape index (κ1) is 26.9. The van der Waals surface area contributed by atoms with Crippen LogP contribution in [0.3, 0.4) is 0 Å². The van der Waals surface area contributed by atoms with Crippen LogP contribution in [0.15, 0.2) is 12.7 Å². The Kier molecular flexibility index (Phi) is 18.4. The van der Waals surface area contributed by atoms with Crippen LogP contribution in [0.25, 0.3) is 0 Å². The summed E-state index contributed by atoms with van der Waals surface area (Å²) in [6, 6.07) is 0.685. The third-order valence-electron chi connectivity index (χ3n) is 5.31.